The van der Waals surface area contributed by atoms with Crippen LogP contribution in [0.1, 0.15) is 19.8 Å². The Morgan fingerprint density at radius 1 is 1.54 bits per heavy atom. The van der Waals surface area contributed by atoms with Crippen molar-refractivity contribution in [1.29, 1.82) is 0 Å². The minimum atomic E-state index is -0.403. The van der Waals surface area contributed by atoms with E-state index >= 15 is 0 Å². The van der Waals surface area contributed by atoms with Gasteiger partial charge in [0.15, 0.2) is 5.78 Å². The highest BCUT2D eigenvalue weighted by Crippen LogP contribution is 2.57. The quantitative estimate of drug-likeness (QED) is 0.569. The molecule has 1 heterocycles. The zero-order valence-corrected chi connectivity index (χ0v) is 7.82. The third-order valence-electron chi connectivity index (χ3n) is 4.06. The molecular formula is C11H14O2. The first-order valence-corrected chi connectivity index (χ1v) is 5.08. The van der Waals surface area contributed by atoms with Gasteiger partial charge in [-0.2, -0.15) is 0 Å². The van der Waals surface area contributed by atoms with E-state index in [1.165, 1.54) is 0 Å². The molecule has 0 N–H and O–H groups in total. The number of rotatable bonds is 1. The van der Waals surface area contributed by atoms with Crippen molar-refractivity contribution < 1.29 is 9.53 Å². The molecule has 0 amide bonds. The van der Waals surface area contributed by atoms with Gasteiger partial charge in [-0.25, -0.2) is 0 Å². The maximum Gasteiger partial charge on any atom is 0.162 e. The van der Waals surface area contributed by atoms with E-state index in [-0.39, 0.29) is 5.78 Å². The molecule has 0 aromatic rings. The van der Waals surface area contributed by atoms with Gasteiger partial charge in [0.2, 0.25) is 0 Å². The van der Waals surface area contributed by atoms with E-state index in [0.29, 0.717) is 17.8 Å². The van der Waals surface area contributed by atoms with E-state index in [0.717, 1.165) is 19.4 Å². The van der Waals surface area contributed by atoms with Crippen molar-refractivity contribution in [3.63, 3.8) is 0 Å². The number of allylic oxidation sites excluding steroid dienone is 1. The van der Waals surface area contributed by atoms with Gasteiger partial charge in [-0.05, 0) is 25.7 Å². The largest absolute Gasteiger partial charge is 0.366 e. The van der Waals surface area contributed by atoms with Crippen LogP contribution in [0.4, 0.5) is 0 Å². The third-order valence-corrected chi connectivity index (χ3v) is 4.06. The smallest absolute Gasteiger partial charge is 0.162 e. The summed E-state index contributed by atoms with van der Waals surface area (Å²) in [5.74, 6) is 1.73. The minimum absolute atomic E-state index is 0.242. The molecular weight excluding hydrogens is 164 g/mol. The van der Waals surface area contributed by atoms with E-state index < -0.39 is 5.60 Å². The van der Waals surface area contributed by atoms with Gasteiger partial charge in [0.05, 0.1) is 0 Å². The molecule has 1 aliphatic heterocycles. The zero-order valence-electron chi connectivity index (χ0n) is 7.82. The van der Waals surface area contributed by atoms with Crippen molar-refractivity contribution in [3.8, 4) is 0 Å². The summed E-state index contributed by atoms with van der Waals surface area (Å²) in [4.78, 5) is 11.7. The second-order valence-corrected chi connectivity index (χ2v) is 4.48. The maximum absolute atomic E-state index is 11.7. The first-order chi connectivity index (χ1) is 6.25. The number of ether oxygens (including phenoxy) is 1. The SMILES string of the molecule is CC(=O)[C@]12OCC[C@@H]1[C@H]1C=C[C@@H]2C1. The Labute approximate surface area is 78.0 Å². The number of hydrogen-bond donors (Lipinski definition) is 0. The van der Waals surface area contributed by atoms with Gasteiger partial charge in [-0.3, -0.25) is 4.79 Å². The van der Waals surface area contributed by atoms with Crippen LogP contribution in [0.25, 0.3) is 0 Å². The van der Waals surface area contributed by atoms with E-state index in [9.17, 15) is 4.79 Å². The van der Waals surface area contributed by atoms with Crippen molar-refractivity contribution in [1.82, 2.24) is 0 Å². The molecule has 0 radical (unpaired) electrons. The first-order valence-electron chi connectivity index (χ1n) is 5.08. The molecule has 2 heteroatoms. The summed E-state index contributed by atoms with van der Waals surface area (Å²) in [6.45, 7) is 2.46. The van der Waals surface area contributed by atoms with Crippen LogP contribution < -0.4 is 0 Å². The average Bonchev–Trinajstić information content (AvgIpc) is 2.76. The number of ketones is 1. The van der Waals surface area contributed by atoms with Crippen LogP contribution in [0.3, 0.4) is 0 Å². The van der Waals surface area contributed by atoms with Crippen molar-refractivity contribution >= 4 is 5.78 Å². The molecule has 2 nitrogen and oxygen atoms in total. The minimum Gasteiger partial charge on any atom is -0.366 e. The maximum atomic E-state index is 11.7. The molecule has 1 saturated carbocycles. The van der Waals surface area contributed by atoms with Crippen molar-refractivity contribution in [2.24, 2.45) is 17.8 Å². The monoisotopic (exact) mass is 178 g/mol. The molecule has 2 aliphatic carbocycles. The summed E-state index contributed by atoms with van der Waals surface area (Å²) in [7, 11) is 0. The Morgan fingerprint density at radius 2 is 2.38 bits per heavy atom. The van der Waals surface area contributed by atoms with E-state index in [4.69, 9.17) is 4.74 Å². The van der Waals surface area contributed by atoms with Crippen molar-refractivity contribution in [2.75, 3.05) is 6.61 Å². The zero-order chi connectivity index (χ0) is 9.05. The van der Waals surface area contributed by atoms with Gasteiger partial charge in [0, 0.05) is 18.4 Å². The lowest BCUT2D eigenvalue weighted by Gasteiger charge is -2.33. The Balaban J connectivity index is 2.09. The van der Waals surface area contributed by atoms with Gasteiger partial charge in [-0.15, -0.1) is 0 Å². The Hall–Kier alpha value is -0.630. The normalized spacial score (nSPS) is 51.3. The molecule has 3 aliphatic rings. The molecule has 0 aromatic carbocycles. The van der Waals surface area contributed by atoms with Crippen LogP contribution in [-0.4, -0.2) is 18.0 Å². The Morgan fingerprint density at radius 3 is 3.08 bits per heavy atom. The molecule has 2 fully saturated rings. The topological polar surface area (TPSA) is 26.3 Å². The second-order valence-electron chi connectivity index (χ2n) is 4.48. The highest BCUT2D eigenvalue weighted by molar-refractivity contribution is 5.87. The summed E-state index contributed by atoms with van der Waals surface area (Å²) in [5.41, 5.74) is -0.403. The highest BCUT2D eigenvalue weighted by atomic mass is 16.5. The fourth-order valence-electron chi connectivity index (χ4n) is 3.56. The summed E-state index contributed by atoms with van der Waals surface area (Å²) in [5, 5.41) is 0. The van der Waals surface area contributed by atoms with Crippen LogP contribution in [0, 0.1) is 17.8 Å². The van der Waals surface area contributed by atoms with Gasteiger partial charge < -0.3 is 4.74 Å². The number of carbonyl (C=O) groups excluding carboxylic acids is 1. The first kappa shape index (κ1) is 7.74. The van der Waals surface area contributed by atoms with E-state index in [2.05, 4.69) is 12.2 Å². The van der Waals surface area contributed by atoms with Crippen LogP contribution in [0.5, 0.6) is 0 Å². The molecule has 1 saturated heterocycles. The van der Waals surface area contributed by atoms with Crippen LogP contribution in [0.2, 0.25) is 0 Å². The Bertz CT molecular complexity index is 294. The number of fused-ring (bicyclic) bond motifs is 5. The fourth-order valence-corrected chi connectivity index (χ4v) is 3.56. The van der Waals surface area contributed by atoms with Gasteiger partial charge in [0.1, 0.15) is 5.60 Å². The molecule has 3 rings (SSSR count). The lowest BCUT2D eigenvalue weighted by molar-refractivity contribution is -0.142. The van der Waals surface area contributed by atoms with E-state index in [1.54, 1.807) is 6.92 Å². The molecule has 2 bridgehead atoms. The summed E-state index contributed by atoms with van der Waals surface area (Å²) < 4.78 is 5.76. The standard InChI is InChI=1S/C11H14O2/c1-7(12)11-9-3-2-8(6-9)10(11)4-5-13-11/h2-3,8-10H,4-6H2,1H3/t8-,9+,10+,11+/m0/s1. The highest BCUT2D eigenvalue weighted by Gasteiger charge is 2.62. The molecule has 4 atom stereocenters. The fraction of sp³-hybridized carbons (Fsp3) is 0.727. The molecule has 70 valence electrons. The second kappa shape index (κ2) is 2.24. The van der Waals surface area contributed by atoms with Crippen LogP contribution in [-0.2, 0) is 9.53 Å². The van der Waals surface area contributed by atoms with Crippen molar-refractivity contribution in [2.45, 2.75) is 25.4 Å². The van der Waals surface area contributed by atoms with E-state index in [1.807, 2.05) is 0 Å². The average molecular weight is 178 g/mol. The Kier molecular flexibility index (Phi) is 1.33. The summed E-state index contributed by atoms with van der Waals surface area (Å²) in [6.07, 6.45) is 6.69. The summed E-state index contributed by atoms with van der Waals surface area (Å²) >= 11 is 0. The predicted molar refractivity (Wildman–Crippen MR) is 48.2 cm³/mol. The number of hydrogen-bond acceptors (Lipinski definition) is 2. The summed E-state index contributed by atoms with van der Waals surface area (Å²) in [6, 6.07) is 0. The van der Waals surface area contributed by atoms with Gasteiger partial charge in [0.25, 0.3) is 0 Å². The van der Waals surface area contributed by atoms with Gasteiger partial charge in [-0.1, -0.05) is 12.2 Å². The number of carbonyl (C=O) groups is 1. The molecule has 0 unspecified atom stereocenters. The number of Topliss-reactive ketones (excluding diaryl/α,β-unsaturated/α-hetero) is 1. The third kappa shape index (κ3) is 0.715. The lowest BCUT2D eigenvalue weighted by atomic mass is 9.76. The van der Waals surface area contributed by atoms with Crippen LogP contribution >= 0.6 is 0 Å². The lowest BCUT2D eigenvalue weighted by Crippen LogP contribution is -2.46. The van der Waals surface area contributed by atoms with Gasteiger partial charge >= 0.3 is 0 Å². The van der Waals surface area contributed by atoms with Crippen LogP contribution in [0.15, 0.2) is 12.2 Å². The molecule has 13 heavy (non-hydrogen) atoms. The van der Waals surface area contributed by atoms with Crippen molar-refractivity contribution in [3.05, 3.63) is 12.2 Å². The predicted octanol–water partition coefficient (Wildman–Crippen LogP) is 1.56. The molecule has 0 spiro atoms. The molecule has 0 aromatic heterocycles.